The number of Topliss-reactive ketones (excluding diaryl/α,β-unsaturated/α-hetero) is 1. The number of carbonyl (C=O) groups is 1. The summed E-state index contributed by atoms with van der Waals surface area (Å²) in [6.45, 7) is 1.53. The number of aromatic nitrogens is 2. The van der Waals surface area contributed by atoms with Crippen LogP contribution in [0.5, 0.6) is 0 Å². The molecule has 2 rings (SSSR count). The summed E-state index contributed by atoms with van der Waals surface area (Å²) < 4.78 is 0. The Hall–Kier alpha value is -1.75. The number of rotatable bonds is 2. The van der Waals surface area contributed by atoms with Gasteiger partial charge in [-0.25, -0.2) is 9.78 Å². The molecule has 2 aromatic heterocycles. The number of hydrogen-bond acceptors (Lipinski definition) is 4. The fraction of sp³-hybridized carbons (Fsp3) is 0.100. The topological polar surface area (TPSA) is 62.8 Å². The third-order valence-corrected chi connectivity index (χ3v) is 3.14. The van der Waals surface area contributed by atoms with Gasteiger partial charge in [-0.1, -0.05) is 0 Å². The summed E-state index contributed by atoms with van der Waals surface area (Å²) in [6.07, 6.45) is 3.08. The van der Waals surface area contributed by atoms with Crippen molar-refractivity contribution in [3.63, 3.8) is 0 Å². The van der Waals surface area contributed by atoms with Gasteiger partial charge in [-0.05, 0) is 19.1 Å². The summed E-state index contributed by atoms with van der Waals surface area (Å²) in [5, 5.41) is 0. The molecule has 2 aromatic rings. The fourth-order valence-electron chi connectivity index (χ4n) is 1.16. The molecule has 1 N–H and O–H groups in total. The number of hydrogen-bond donors (Lipinski definition) is 1. The van der Waals surface area contributed by atoms with E-state index in [0.717, 1.165) is 10.4 Å². The Morgan fingerprint density at radius 1 is 1.47 bits per heavy atom. The van der Waals surface area contributed by atoms with Crippen molar-refractivity contribution in [3.05, 3.63) is 39.9 Å². The summed E-state index contributed by atoms with van der Waals surface area (Å²) >= 11 is 1.39. The van der Waals surface area contributed by atoms with Crippen LogP contribution in [0, 0.1) is 0 Å². The molecule has 76 valence electrons. The number of thiophene rings is 1. The monoisotopic (exact) mass is 220 g/mol. The van der Waals surface area contributed by atoms with E-state index in [-0.39, 0.29) is 11.5 Å². The highest BCUT2D eigenvalue weighted by Crippen LogP contribution is 2.26. The van der Waals surface area contributed by atoms with Gasteiger partial charge in [0.1, 0.15) is 0 Å². The van der Waals surface area contributed by atoms with Gasteiger partial charge in [0.2, 0.25) is 0 Å². The first-order valence-electron chi connectivity index (χ1n) is 4.33. The first-order valence-corrected chi connectivity index (χ1v) is 5.14. The quantitative estimate of drug-likeness (QED) is 0.783. The normalized spacial score (nSPS) is 10.2. The second-order valence-electron chi connectivity index (χ2n) is 3.03. The van der Waals surface area contributed by atoms with Crippen LogP contribution in [0.2, 0.25) is 0 Å². The minimum absolute atomic E-state index is 0.0450. The molecule has 0 atom stereocenters. The Labute approximate surface area is 89.6 Å². The lowest BCUT2D eigenvalue weighted by Gasteiger charge is -1.93. The van der Waals surface area contributed by atoms with E-state index in [4.69, 9.17) is 0 Å². The van der Waals surface area contributed by atoms with Gasteiger partial charge in [-0.2, -0.15) is 0 Å². The van der Waals surface area contributed by atoms with Gasteiger partial charge < -0.3 is 4.98 Å². The predicted octanol–water partition coefficient (Wildman–Crippen LogP) is 1.70. The van der Waals surface area contributed by atoms with E-state index in [0.29, 0.717) is 4.88 Å². The molecule has 4 nitrogen and oxygen atoms in total. The molecular weight excluding hydrogens is 212 g/mol. The van der Waals surface area contributed by atoms with Crippen LogP contribution in [-0.2, 0) is 0 Å². The Kier molecular flexibility index (Phi) is 2.47. The van der Waals surface area contributed by atoms with Gasteiger partial charge in [-0.15, -0.1) is 11.3 Å². The maximum atomic E-state index is 11.1. The number of nitrogens with zero attached hydrogens (tertiary/aromatic N) is 1. The van der Waals surface area contributed by atoms with Crippen molar-refractivity contribution in [2.75, 3.05) is 0 Å². The van der Waals surface area contributed by atoms with Crippen molar-refractivity contribution in [3.8, 4) is 10.4 Å². The van der Waals surface area contributed by atoms with E-state index < -0.39 is 0 Å². The van der Waals surface area contributed by atoms with Crippen molar-refractivity contribution < 1.29 is 4.79 Å². The molecule has 0 aromatic carbocycles. The van der Waals surface area contributed by atoms with E-state index in [1.165, 1.54) is 24.5 Å². The average molecular weight is 220 g/mol. The lowest BCUT2D eigenvalue weighted by molar-refractivity contribution is 0.102. The van der Waals surface area contributed by atoms with Gasteiger partial charge in [0.15, 0.2) is 5.78 Å². The minimum Gasteiger partial charge on any atom is -0.312 e. The lowest BCUT2D eigenvalue weighted by Crippen LogP contribution is -2.07. The lowest BCUT2D eigenvalue weighted by atomic mass is 10.3. The molecule has 0 saturated heterocycles. The molecule has 0 aliphatic heterocycles. The van der Waals surface area contributed by atoms with Crippen LogP contribution in [-0.4, -0.2) is 15.8 Å². The maximum absolute atomic E-state index is 11.1. The molecular formula is C10H8N2O2S. The first-order chi connectivity index (χ1) is 7.16. The van der Waals surface area contributed by atoms with Crippen molar-refractivity contribution in [2.45, 2.75) is 6.92 Å². The van der Waals surface area contributed by atoms with Gasteiger partial charge in [-0.3, -0.25) is 4.79 Å². The Bertz CT molecular complexity index is 536. The Balaban J connectivity index is 2.41. The van der Waals surface area contributed by atoms with Crippen LogP contribution in [0.25, 0.3) is 10.4 Å². The standard InChI is InChI=1S/C10H8N2O2S/c1-6(13)8-2-3-9(15-8)7-4-11-10(14)12-5-7/h2-5H,1H3,(H,11,12,14). The summed E-state index contributed by atoms with van der Waals surface area (Å²) in [6, 6.07) is 3.62. The fourth-order valence-corrected chi connectivity index (χ4v) is 2.04. The highest BCUT2D eigenvalue weighted by molar-refractivity contribution is 7.17. The van der Waals surface area contributed by atoms with Crippen LogP contribution in [0.15, 0.2) is 29.3 Å². The largest absolute Gasteiger partial charge is 0.344 e. The molecule has 15 heavy (non-hydrogen) atoms. The van der Waals surface area contributed by atoms with Crippen LogP contribution in [0.4, 0.5) is 0 Å². The number of nitrogens with one attached hydrogen (secondary N) is 1. The zero-order valence-corrected chi connectivity index (χ0v) is 8.80. The van der Waals surface area contributed by atoms with Crippen LogP contribution in [0.3, 0.4) is 0 Å². The third-order valence-electron chi connectivity index (χ3n) is 1.91. The van der Waals surface area contributed by atoms with Gasteiger partial charge in [0.25, 0.3) is 0 Å². The van der Waals surface area contributed by atoms with Crippen molar-refractivity contribution in [1.29, 1.82) is 0 Å². The van der Waals surface area contributed by atoms with Crippen molar-refractivity contribution in [2.24, 2.45) is 0 Å². The van der Waals surface area contributed by atoms with Crippen molar-refractivity contribution >= 4 is 17.1 Å². The van der Waals surface area contributed by atoms with E-state index >= 15 is 0 Å². The van der Waals surface area contributed by atoms with E-state index in [2.05, 4.69) is 9.97 Å². The number of ketones is 1. The number of aromatic amines is 1. The molecule has 0 amide bonds. The van der Waals surface area contributed by atoms with Crippen LogP contribution >= 0.6 is 11.3 Å². The maximum Gasteiger partial charge on any atom is 0.344 e. The molecule has 5 heteroatoms. The highest BCUT2D eigenvalue weighted by atomic mass is 32.1. The second kappa shape index (κ2) is 3.78. The van der Waals surface area contributed by atoms with Crippen LogP contribution < -0.4 is 5.69 Å². The average Bonchev–Trinajstić information content (AvgIpc) is 2.68. The smallest absolute Gasteiger partial charge is 0.312 e. The predicted molar refractivity (Wildman–Crippen MR) is 58.2 cm³/mol. The molecule has 0 fully saturated rings. The zero-order valence-electron chi connectivity index (χ0n) is 7.98. The summed E-state index contributed by atoms with van der Waals surface area (Å²) in [5.41, 5.74) is 0.439. The van der Waals surface area contributed by atoms with E-state index in [9.17, 15) is 9.59 Å². The molecule has 0 saturated carbocycles. The molecule has 0 bridgehead atoms. The zero-order chi connectivity index (χ0) is 10.8. The van der Waals surface area contributed by atoms with E-state index in [1.54, 1.807) is 12.3 Å². The molecule has 0 aliphatic carbocycles. The SMILES string of the molecule is CC(=O)c1ccc(-c2cnc(=O)[nH]c2)s1. The summed E-state index contributed by atoms with van der Waals surface area (Å²) in [7, 11) is 0. The summed E-state index contributed by atoms with van der Waals surface area (Å²) in [5.74, 6) is 0.0450. The molecule has 0 unspecified atom stereocenters. The van der Waals surface area contributed by atoms with Gasteiger partial charge >= 0.3 is 5.69 Å². The second-order valence-corrected chi connectivity index (χ2v) is 4.11. The summed E-state index contributed by atoms with van der Waals surface area (Å²) in [4.78, 5) is 29.6. The van der Waals surface area contributed by atoms with Crippen LogP contribution in [0.1, 0.15) is 16.6 Å². The molecule has 0 radical (unpaired) electrons. The molecule has 2 heterocycles. The Morgan fingerprint density at radius 3 is 2.80 bits per heavy atom. The van der Waals surface area contributed by atoms with E-state index in [1.807, 2.05) is 6.07 Å². The first kappa shape index (κ1) is 9.79. The Morgan fingerprint density at radius 2 is 2.27 bits per heavy atom. The minimum atomic E-state index is -0.373. The molecule has 0 aliphatic rings. The highest BCUT2D eigenvalue weighted by Gasteiger charge is 2.06. The van der Waals surface area contributed by atoms with Crippen molar-refractivity contribution in [1.82, 2.24) is 9.97 Å². The number of carbonyl (C=O) groups excluding carboxylic acids is 1. The third kappa shape index (κ3) is 2.02. The van der Waals surface area contributed by atoms with Gasteiger partial charge in [0.05, 0.1) is 4.88 Å². The number of H-pyrrole nitrogens is 1. The molecule has 0 spiro atoms. The van der Waals surface area contributed by atoms with Gasteiger partial charge in [0, 0.05) is 22.8 Å².